The highest BCUT2D eigenvalue weighted by molar-refractivity contribution is 7.82. The Bertz CT molecular complexity index is 247. The SMILES string of the molecule is CCOCCCC1(S)NC(=O)NC1=O. The molecule has 0 aromatic rings. The van der Waals surface area contributed by atoms with Gasteiger partial charge >= 0.3 is 6.03 Å². The highest BCUT2D eigenvalue weighted by Crippen LogP contribution is 2.21. The van der Waals surface area contributed by atoms with E-state index < -0.39 is 10.9 Å². The van der Waals surface area contributed by atoms with Gasteiger partial charge in [-0.25, -0.2) is 4.79 Å². The fourth-order valence-corrected chi connectivity index (χ4v) is 1.55. The van der Waals surface area contributed by atoms with Crippen LogP contribution in [0.4, 0.5) is 4.79 Å². The van der Waals surface area contributed by atoms with Crippen LogP contribution in [-0.4, -0.2) is 30.0 Å². The Balaban J connectivity index is 2.35. The van der Waals surface area contributed by atoms with Gasteiger partial charge in [-0.3, -0.25) is 10.1 Å². The van der Waals surface area contributed by atoms with Crippen molar-refractivity contribution in [2.45, 2.75) is 24.6 Å². The Morgan fingerprint density at radius 3 is 2.71 bits per heavy atom. The van der Waals surface area contributed by atoms with Gasteiger partial charge in [0.05, 0.1) is 0 Å². The van der Waals surface area contributed by atoms with Crippen LogP contribution in [0.3, 0.4) is 0 Å². The fraction of sp³-hybridized carbons (Fsp3) is 0.750. The van der Waals surface area contributed by atoms with Gasteiger partial charge in [-0.15, -0.1) is 12.6 Å². The first-order chi connectivity index (χ1) is 6.58. The molecular weight excluding hydrogens is 204 g/mol. The van der Waals surface area contributed by atoms with Crippen LogP contribution in [0.2, 0.25) is 0 Å². The highest BCUT2D eigenvalue weighted by atomic mass is 32.1. The quantitative estimate of drug-likeness (QED) is 0.352. The first-order valence-electron chi connectivity index (χ1n) is 4.52. The largest absolute Gasteiger partial charge is 0.382 e. The van der Waals surface area contributed by atoms with Crippen LogP contribution < -0.4 is 10.6 Å². The lowest BCUT2D eigenvalue weighted by molar-refractivity contribution is -0.121. The Morgan fingerprint density at radius 2 is 2.21 bits per heavy atom. The number of carbonyl (C=O) groups excluding carboxylic acids is 2. The third kappa shape index (κ3) is 2.62. The first kappa shape index (κ1) is 11.3. The van der Waals surface area contributed by atoms with Gasteiger partial charge in [0, 0.05) is 13.2 Å². The van der Waals surface area contributed by atoms with Crippen LogP contribution in [0.5, 0.6) is 0 Å². The molecule has 3 amide bonds. The standard InChI is InChI=1S/C8H14N2O3S/c1-2-13-5-3-4-8(14)6(11)9-7(12)10-8/h14H,2-5H2,1H3,(H2,9,10,11,12). The molecule has 2 N–H and O–H groups in total. The van der Waals surface area contributed by atoms with Gasteiger partial charge in [0.2, 0.25) is 0 Å². The van der Waals surface area contributed by atoms with Gasteiger partial charge < -0.3 is 10.1 Å². The average molecular weight is 218 g/mol. The molecule has 1 saturated heterocycles. The molecule has 1 aliphatic heterocycles. The number of hydrogen-bond donors (Lipinski definition) is 3. The van der Waals surface area contributed by atoms with Gasteiger partial charge in [0.25, 0.3) is 5.91 Å². The van der Waals surface area contributed by atoms with Crippen molar-refractivity contribution in [3.8, 4) is 0 Å². The maximum absolute atomic E-state index is 11.3. The molecule has 0 aliphatic carbocycles. The average Bonchev–Trinajstić information content (AvgIpc) is 2.36. The minimum absolute atomic E-state index is 0.387. The Labute approximate surface area is 88.0 Å². The third-order valence-corrected chi connectivity index (χ3v) is 2.49. The number of amides is 3. The molecule has 1 unspecified atom stereocenters. The van der Waals surface area contributed by atoms with E-state index in [1.54, 1.807) is 0 Å². The second kappa shape index (κ2) is 4.65. The minimum Gasteiger partial charge on any atom is -0.382 e. The molecule has 0 bridgehead atoms. The summed E-state index contributed by atoms with van der Waals surface area (Å²) in [7, 11) is 0. The van der Waals surface area contributed by atoms with E-state index in [9.17, 15) is 9.59 Å². The minimum atomic E-state index is -1.06. The summed E-state index contributed by atoms with van der Waals surface area (Å²) in [6.07, 6.45) is 1.15. The van der Waals surface area contributed by atoms with Crippen LogP contribution >= 0.6 is 12.6 Å². The van der Waals surface area contributed by atoms with Crippen molar-refractivity contribution in [3.05, 3.63) is 0 Å². The zero-order chi connectivity index (χ0) is 10.6. The van der Waals surface area contributed by atoms with Crippen LogP contribution in [0.15, 0.2) is 0 Å². The summed E-state index contributed by atoms with van der Waals surface area (Å²) in [6.45, 7) is 3.13. The Morgan fingerprint density at radius 1 is 1.50 bits per heavy atom. The van der Waals surface area contributed by atoms with Crippen molar-refractivity contribution >= 4 is 24.6 Å². The number of nitrogens with one attached hydrogen (secondary N) is 2. The molecule has 0 aromatic heterocycles. The number of urea groups is 1. The van der Waals surface area contributed by atoms with E-state index in [-0.39, 0.29) is 5.91 Å². The molecular formula is C8H14N2O3S. The zero-order valence-corrected chi connectivity index (χ0v) is 8.89. The van der Waals surface area contributed by atoms with Gasteiger partial charge in [-0.05, 0) is 19.8 Å². The summed E-state index contributed by atoms with van der Waals surface area (Å²) in [5.41, 5.74) is 0. The van der Waals surface area contributed by atoms with Gasteiger partial charge in [0.1, 0.15) is 0 Å². The molecule has 1 rings (SSSR count). The van der Waals surface area contributed by atoms with Gasteiger partial charge in [-0.2, -0.15) is 0 Å². The normalized spacial score (nSPS) is 26.1. The highest BCUT2D eigenvalue weighted by Gasteiger charge is 2.42. The lowest BCUT2D eigenvalue weighted by atomic mass is 10.1. The molecule has 1 fully saturated rings. The van der Waals surface area contributed by atoms with E-state index in [2.05, 4.69) is 23.3 Å². The predicted octanol–water partition coefficient (Wildman–Crippen LogP) is 0.269. The number of thiol groups is 1. The van der Waals surface area contributed by atoms with Crippen molar-refractivity contribution in [3.63, 3.8) is 0 Å². The molecule has 1 atom stereocenters. The molecule has 80 valence electrons. The Kier molecular flexibility index (Phi) is 3.77. The summed E-state index contributed by atoms with van der Waals surface area (Å²) in [6, 6.07) is -0.485. The molecule has 5 nitrogen and oxygen atoms in total. The van der Waals surface area contributed by atoms with Gasteiger partial charge in [0.15, 0.2) is 4.87 Å². The molecule has 6 heteroatoms. The molecule has 0 spiro atoms. The molecule has 14 heavy (non-hydrogen) atoms. The number of hydrogen-bond acceptors (Lipinski definition) is 4. The lowest BCUT2D eigenvalue weighted by Crippen LogP contribution is -2.41. The van der Waals surface area contributed by atoms with E-state index in [0.717, 1.165) is 0 Å². The molecule has 1 heterocycles. The fourth-order valence-electron chi connectivity index (χ4n) is 1.23. The third-order valence-electron chi connectivity index (χ3n) is 1.95. The number of carbonyl (C=O) groups is 2. The number of rotatable bonds is 5. The molecule has 0 aromatic carbocycles. The lowest BCUT2D eigenvalue weighted by Gasteiger charge is -2.18. The summed E-state index contributed by atoms with van der Waals surface area (Å²) < 4.78 is 5.12. The van der Waals surface area contributed by atoms with E-state index in [1.165, 1.54) is 0 Å². The van der Waals surface area contributed by atoms with Crippen molar-refractivity contribution in [2.75, 3.05) is 13.2 Å². The first-order valence-corrected chi connectivity index (χ1v) is 4.97. The van der Waals surface area contributed by atoms with E-state index in [0.29, 0.717) is 26.1 Å². The van der Waals surface area contributed by atoms with Crippen molar-refractivity contribution in [2.24, 2.45) is 0 Å². The monoisotopic (exact) mass is 218 g/mol. The van der Waals surface area contributed by atoms with Crippen molar-refractivity contribution < 1.29 is 14.3 Å². The molecule has 1 aliphatic rings. The maximum Gasteiger partial charge on any atom is 0.323 e. The van der Waals surface area contributed by atoms with Gasteiger partial charge in [-0.1, -0.05) is 0 Å². The summed E-state index contributed by atoms with van der Waals surface area (Å²) in [4.78, 5) is 21.0. The number of ether oxygens (including phenoxy) is 1. The van der Waals surface area contributed by atoms with Crippen molar-refractivity contribution in [1.29, 1.82) is 0 Å². The van der Waals surface area contributed by atoms with Crippen LogP contribution in [0.25, 0.3) is 0 Å². The zero-order valence-electron chi connectivity index (χ0n) is 8.00. The molecule has 0 radical (unpaired) electrons. The van der Waals surface area contributed by atoms with E-state index in [1.807, 2.05) is 6.92 Å². The van der Waals surface area contributed by atoms with Crippen LogP contribution in [0, 0.1) is 0 Å². The number of imide groups is 1. The smallest absolute Gasteiger partial charge is 0.323 e. The van der Waals surface area contributed by atoms with Crippen LogP contribution in [0.1, 0.15) is 19.8 Å². The van der Waals surface area contributed by atoms with Crippen molar-refractivity contribution in [1.82, 2.24) is 10.6 Å². The Hall–Kier alpha value is -0.750. The molecule has 0 saturated carbocycles. The van der Waals surface area contributed by atoms with E-state index >= 15 is 0 Å². The van der Waals surface area contributed by atoms with E-state index in [4.69, 9.17) is 4.74 Å². The van der Waals surface area contributed by atoms with Crippen LogP contribution in [-0.2, 0) is 9.53 Å². The second-order valence-corrected chi connectivity index (χ2v) is 3.83. The summed E-state index contributed by atoms with van der Waals surface area (Å²) in [5, 5.41) is 4.61. The predicted molar refractivity (Wildman–Crippen MR) is 54.1 cm³/mol. The topological polar surface area (TPSA) is 67.4 Å². The second-order valence-electron chi connectivity index (χ2n) is 3.07. The summed E-state index contributed by atoms with van der Waals surface area (Å²) in [5.74, 6) is -0.387. The maximum atomic E-state index is 11.3. The summed E-state index contributed by atoms with van der Waals surface area (Å²) >= 11 is 4.14.